The predicted molar refractivity (Wildman–Crippen MR) is 107 cm³/mol. The number of carboxylic acids is 1. The Morgan fingerprint density at radius 2 is 1.85 bits per heavy atom. The number of hydrogen-bond acceptors (Lipinski definition) is 3. The monoisotopic (exact) mass is 383 g/mol. The van der Waals surface area contributed by atoms with Crippen LogP contribution in [0.1, 0.15) is 61.7 Å². The average molecular weight is 384 g/mol. The maximum atomic E-state index is 12.9. The van der Waals surface area contributed by atoms with Gasteiger partial charge in [0.2, 0.25) is 0 Å². The number of hydrogen-bond donors (Lipinski definition) is 1. The molecule has 0 atom stereocenters. The maximum absolute atomic E-state index is 12.9. The van der Waals surface area contributed by atoms with E-state index < -0.39 is 5.97 Å². The molecular formula is C22H25NO3S. The first kappa shape index (κ1) is 18.2. The summed E-state index contributed by atoms with van der Waals surface area (Å²) in [4.78, 5) is 28.6. The Morgan fingerprint density at radius 3 is 2.59 bits per heavy atom. The molecule has 1 aromatic carbocycles. The Labute approximate surface area is 163 Å². The van der Waals surface area contributed by atoms with E-state index in [4.69, 9.17) is 0 Å². The molecule has 0 radical (unpaired) electrons. The molecule has 2 aliphatic rings. The van der Waals surface area contributed by atoms with Crippen molar-refractivity contribution in [2.45, 2.75) is 44.9 Å². The number of thiophene rings is 1. The molecule has 0 bridgehead atoms. The van der Waals surface area contributed by atoms with Crippen LogP contribution < -0.4 is 0 Å². The molecule has 1 saturated heterocycles. The lowest BCUT2D eigenvalue weighted by Crippen LogP contribution is -2.38. The van der Waals surface area contributed by atoms with Crippen LogP contribution in [-0.4, -0.2) is 35.0 Å². The van der Waals surface area contributed by atoms with Crippen molar-refractivity contribution >= 4 is 23.2 Å². The Bertz CT molecular complexity index is 825. The van der Waals surface area contributed by atoms with E-state index in [0.717, 1.165) is 55.6 Å². The van der Waals surface area contributed by atoms with Gasteiger partial charge in [-0.05, 0) is 74.1 Å². The third-order valence-corrected chi connectivity index (χ3v) is 7.09. The van der Waals surface area contributed by atoms with Gasteiger partial charge in [-0.2, -0.15) is 0 Å². The van der Waals surface area contributed by atoms with Crippen molar-refractivity contribution in [1.29, 1.82) is 0 Å². The van der Waals surface area contributed by atoms with Crippen molar-refractivity contribution in [3.8, 4) is 0 Å². The Hall–Kier alpha value is -2.14. The van der Waals surface area contributed by atoms with E-state index in [1.54, 1.807) is 23.5 Å². The van der Waals surface area contributed by atoms with Crippen LogP contribution in [0.4, 0.5) is 0 Å². The molecule has 1 N–H and O–H groups in total. The number of rotatable bonds is 4. The summed E-state index contributed by atoms with van der Waals surface area (Å²) < 4.78 is 0. The van der Waals surface area contributed by atoms with Gasteiger partial charge in [0.1, 0.15) is 0 Å². The highest BCUT2D eigenvalue weighted by molar-refractivity contribution is 7.14. The molecule has 0 saturated carbocycles. The molecule has 2 heterocycles. The van der Waals surface area contributed by atoms with Crippen molar-refractivity contribution in [1.82, 2.24) is 4.90 Å². The lowest BCUT2D eigenvalue weighted by molar-refractivity contribution is 0.0694. The average Bonchev–Trinajstić information content (AvgIpc) is 3.12. The fourth-order valence-corrected chi connectivity index (χ4v) is 5.53. The number of carbonyl (C=O) groups is 2. The van der Waals surface area contributed by atoms with Crippen LogP contribution in [0.15, 0.2) is 30.3 Å². The number of aryl methyl sites for hydroxylation is 2. The van der Waals surface area contributed by atoms with Crippen LogP contribution in [0.5, 0.6) is 0 Å². The zero-order valence-corrected chi connectivity index (χ0v) is 16.3. The molecule has 5 heteroatoms. The first-order chi connectivity index (χ1) is 13.1. The van der Waals surface area contributed by atoms with Gasteiger partial charge in [0.25, 0.3) is 5.91 Å². The van der Waals surface area contributed by atoms with Crippen LogP contribution in [0.2, 0.25) is 0 Å². The second-order valence-corrected chi connectivity index (χ2v) is 8.80. The van der Waals surface area contributed by atoms with Gasteiger partial charge in [-0.1, -0.05) is 18.2 Å². The van der Waals surface area contributed by atoms with E-state index in [-0.39, 0.29) is 5.91 Å². The van der Waals surface area contributed by atoms with Gasteiger partial charge in [0.05, 0.1) is 10.4 Å². The van der Waals surface area contributed by atoms with Crippen LogP contribution >= 0.6 is 11.3 Å². The Balaban J connectivity index is 1.37. The maximum Gasteiger partial charge on any atom is 0.335 e. The summed E-state index contributed by atoms with van der Waals surface area (Å²) in [6.45, 7) is 1.53. The van der Waals surface area contributed by atoms with Gasteiger partial charge >= 0.3 is 5.97 Å². The molecular weight excluding hydrogens is 358 g/mol. The molecule has 4 nitrogen and oxygen atoms in total. The van der Waals surface area contributed by atoms with E-state index in [2.05, 4.69) is 6.07 Å². The van der Waals surface area contributed by atoms with E-state index in [0.29, 0.717) is 11.5 Å². The summed E-state index contributed by atoms with van der Waals surface area (Å²) in [5.74, 6) is -0.246. The van der Waals surface area contributed by atoms with Gasteiger partial charge < -0.3 is 10.0 Å². The van der Waals surface area contributed by atoms with Crippen molar-refractivity contribution in [2.75, 3.05) is 13.1 Å². The summed E-state index contributed by atoms with van der Waals surface area (Å²) >= 11 is 1.69. The Kier molecular flexibility index (Phi) is 5.30. The van der Waals surface area contributed by atoms with Crippen LogP contribution in [0.25, 0.3) is 0 Å². The third-order valence-electron chi connectivity index (χ3n) is 5.87. The van der Waals surface area contributed by atoms with Crippen LogP contribution in [0.3, 0.4) is 0 Å². The largest absolute Gasteiger partial charge is 0.478 e. The van der Waals surface area contributed by atoms with Gasteiger partial charge in [-0.15, -0.1) is 11.3 Å². The lowest BCUT2D eigenvalue weighted by Gasteiger charge is -2.32. The van der Waals surface area contributed by atoms with Gasteiger partial charge in [-0.3, -0.25) is 4.79 Å². The number of likely N-dealkylation sites (tertiary alicyclic amines) is 1. The van der Waals surface area contributed by atoms with E-state index >= 15 is 0 Å². The smallest absolute Gasteiger partial charge is 0.335 e. The molecule has 1 aromatic heterocycles. The van der Waals surface area contributed by atoms with Crippen LogP contribution in [0, 0.1) is 5.92 Å². The predicted octanol–water partition coefficient (Wildman–Crippen LogP) is 4.42. The highest BCUT2D eigenvalue weighted by atomic mass is 32.1. The van der Waals surface area contributed by atoms with Gasteiger partial charge in [-0.25, -0.2) is 4.79 Å². The fraction of sp³-hybridized carbons (Fsp3) is 0.455. The molecule has 1 aliphatic carbocycles. The van der Waals surface area contributed by atoms with Gasteiger partial charge in [0, 0.05) is 18.0 Å². The molecule has 0 unspecified atom stereocenters. The third kappa shape index (κ3) is 3.93. The molecule has 4 rings (SSSR count). The minimum atomic E-state index is -0.861. The lowest BCUT2D eigenvalue weighted by atomic mass is 9.88. The fourth-order valence-electron chi connectivity index (χ4n) is 4.31. The summed E-state index contributed by atoms with van der Waals surface area (Å²) in [5.41, 5.74) is 2.69. The number of amides is 1. The summed E-state index contributed by atoms with van der Waals surface area (Å²) in [6, 6.07) is 9.39. The second kappa shape index (κ2) is 7.85. The standard InChI is InChI=1S/C22H25NO3S/c24-21(20-14-17-6-2-4-8-19(17)27-20)23-11-9-15(10-12-23)13-16-5-1-3-7-18(16)22(25)26/h1,3,5,7,14-15H,2,4,6,8-13H2,(H,25,26). The topological polar surface area (TPSA) is 57.6 Å². The quantitative estimate of drug-likeness (QED) is 0.850. The minimum absolute atomic E-state index is 0.179. The normalized spacial score (nSPS) is 17.6. The first-order valence-corrected chi connectivity index (χ1v) is 10.7. The van der Waals surface area contributed by atoms with E-state index in [1.165, 1.54) is 23.3 Å². The molecule has 1 amide bonds. The van der Waals surface area contributed by atoms with Crippen molar-refractivity contribution in [2.24, 2.45) is 5.92 Å². The first-order valence-electron chi connectivity index (χ1n) is 9.84. The van der Waals surface area contributed by atoms with E-state index in [1.807, 2.05) is 17.0 Å². The zero-order chi connectivity index (χ0) is 18.8. The molecule has 1 aliphatic heterocycles. The molecule has 142 valence electrons. The number of carboxylic acid groups (broad SMARTS) is 1. The minimum Gasteiger partial charge on any atom is -0.478 e. The molecule has 27 heavy (non-hydrogen) atoms. The highest BCUT2D eigenvalue weighted by Crippen LogP contribution is 2.31. The number of aromatic carboxylic acids is 1. The number of nitrogens with zero attached hydrogens (tertiary/aromatic N) is 1. The van der Waals surface area contributed by atoms with E-state index in [9.17, 15) is 14.7 Å². The van der Waals surface area contributed by atoms with Crippen molar-refractivity contribution < 1.29 is 14.7 Å². The summed E-state index contributed by atoms with van der Waals surface area (Å²) in [5, 5.41) is 9.35. The second-order valence-electron chi connectivity index (χ2n) is 7.67. The number of carbonyl (C=O) groups excluding carboxylic acids is 1. The molecule has 2 aromatic rings. The SMILES string of the molecule is O=C(O)c1ccccc1CC1CCN(C(=O)c2cc3c(s2)CCCC3)CC1. The highest BCUT2D eigenvalue weighted by Gasteiger charge is 2.26. The Morgan fingerprint density at radius 1 is 1.11 bits per heavy atom. The van der Waals surface area contributed by atoms with Crippen LogP contribution in [-0.2, 0) is 19.3 Å². The van der Waals surface area contributed by atoms with Gasteiger partial charge in [0.15, 0.2) is 0 Å². The zero-order valence-electron chi connectivity index (χ0n) is 15.4. The number of fused-ring (bicyclic) bond motifs is 1. The van der Waals surface area contributed by atoms with Crippen molar-refractivity contribution in [3.05, 3.63) is 56.8 Å². The number of piperidine rings is 1. The number of benzene rings is 1. The molecule has 1 fully saturated rings. The van der Waals surface area contributed by atoms with Crippen molar-refractivity contribution in [3.63, 3.8) is 0 Å². The summed E-state index contributed by atoms with van der Waals surface area (Å²) in [7, 11) is 0. The summed E-state index contributed by atoms with van der Waals surface area (Å²) in [6.07, 6.45) is 7.36. The molecule has 0 spiro atoms.